The lowest BCUT2D eigenvalue weighted by atomic mass is 9.98. The molecule has 0 amide bonds. The molecule has 0 fully saturated rings. The van der Waals surface area contributed by atoms with Crippen LogP contribution in [0.25, 0.3) is 0 Å². The van der Waals surface area contributed by atoms with Crippen LogP contribution < -0.4 is 5.32 Å². The van der Waals surface area contributed by atoms with E-state index in [1.807, 2.05) is 6.92 Å². The molecular formula is C14H26N2OS. The molecule has 2 unspecified atom stereocenters. The van der Waals surface area contributed by atoms with E-state index in [9.17, 15) is 5.11 Å². The Bertz CT molecular complexity index is 382. The summed E-state index contributed by atoms with van der Waals surface area (Å²) >= 11 is 1.78. The molecular weight excluding hydrogens is 244 g/mol. The molecule has 2 N–H and O–H groups in total. The van der Waals surface area contributed by atoms with Gasteiger partial charge in [0.2, 0.25) is 0 Å². The maximum absolute atomic E-state index is 9.58. The monoisotopic (exact) mass is 270 g/mol. The Hall–Kier alpha value is -0.450. The van der Waals surface area contributed by atoms with Crippen molar-refractivity contribution in [3.05, 3.63) is 15.6 Å². The highest BCUT2D eigenvalue weighted by Crippen LogP contribution is 2.32. The summed E-state index contributed by atoms with van der Waals surface area (Å²) in [5.74, 6) is 0. The zero-order valence-corrected chi connectivity index (χ0v) is 13.2. The van der Waals surface area contributed by atoms with E-state index in [0.29, 0.717) is 6.54 Å². The molecule has 2 atom stereocenters. The van der Waals surface area contributed by atoms with E-state index in [0.717, 1.165) is 12.1 Å². The lowest BCUT2D eigenvalue weighted by molar-refractivity contribution is 0.164. The van der Waals surface area contributed by atoms with Gasteiger partial charge in [-0.15, -0.1) is 11.3 Å². The summed E-state index contributed by atoms with van der Waals surface area (Å²) < 4.78 is 0. The summed E-state index contributed by atoms with van der Waals surface area (Å²) in [4.78, 5) is 5.95. The smallest absolute Gasteiger partial charge is 0.0985 e. The van der Waals surface area contributed by atoms with E-state index < -0.39 is 0 Å². The number of aromatic nitrogens is 1. The molecule has 18 heavy (non-hydrogen) atoms. The predicted octanol–water partition coefficient (Wildman–Crippen LogP) is 3.17. The number of nitrogens with one attached hydrogen (secondary N) is 1. The van der Waals surface area contributed by atoms with Crippen LogP contribution in [0.3, 0.4) is 0 Å². The minimum Gasteiger partial charge on any atom is -0.392 e. The van der Waals surface area contributed by atoms with E-state index in [2.05, 4.69) is 44.9 Å². The topological polar surface area (TPSA) is 45.1 Å². The van der Waals surface area contributed by atoms with Gasteiger partial charge in [0.25, 0.3) is 0 Å². The van der Waals surface area contributed by atoms with Crippen LogP contribution in [-0.2, 0) is 5.41 Å². The summed E-state index contributed by atoms with van der Waals surface area (Å²) in [6.07, 6.45) is 0.525. The molecule has 0 spiro atoms. The molecule has 0 aliphatic carbocycles. The molecule has 0 radical (unpaired) electrons. The molecule has 0 aliphatic rings. The Kier molecular flexibility index (Phi) is 5.32. The maximum atomic E-state index is 9.58. The van der Waals surface area contributed by atoms with Crippen molar-refractivity contribution < 1.29 is 5.11 Å². The van der Waals surface area contributed by atoms with Crippen molar-refractivity contribution in [1.29, 1.82) is 0 Å². The summed E-state index contributed by atoms with van der Waals surface area (Å²) in [7, 11) is 0. The maximum Gasteiger partial charge on any atom is 0.0985 e. The Labute approximate surface area is 115 Å². The van der Waals surface area contributed by atoms with Crippen LogP contribution in [0.4, 0.5) is 0 Å². The largest absolute Gasteiger partial charge is 0.392 e. The van der Waals surface area contributed by atoms with Crippen molar-refractivity contribution in [2.45, 2.75) is 65.5 Å². The van der Waals surface area contributed by atoms with Gasteiger partial charge in [-0.1, -0.05) is 27.7 Å². The SMILES string of the molecule is CCC(O)CNC(C)c1sc(C(C)(C)C)nc1C. The standard InChI is InChI=1S/C14H26N2OS/c1-7-11(17)8-15-9(2)12-10(3)16-13(18-12)14(4,5)6/h9,11,15,17H,7-8H2,1-6H3. The Morgan fingerprint density at radius 2 is 2.00 bits per heavy atom. The molecule has 1 rings (SSSR count). The molecule has 0 aromatic carbocycles. The van der Waals surface area contributed by atoms with Crippen molar-refractivity contribution in [3.63, 3.8) is 0 Å². The fourth-order valence-electron chi connectivity index (χ4n) is 1.68. The van der Waals surface area contributed by atoms with E-state index in [1.165, 1.54) is 9.88 Å². The number of aliphatic hydroxyl groups is 1. The highest BCUT2D eigenvalue weighted by atomic mass is 32.1. The third kappa shape index (κ3) is 4.04. The van der Waals surface area contributed by atoms with Gasteiger partial charge >= 0.3 is 0 Å². The van der Waals surface area contributed by atoms with Crippen LogP contribution in [0.5, 0.6) is 0 Å². The third-order valence-electron chi connectivity index (χ3n) is 3.00. The highest BCUT2D eigenvalue weighted by molar-refractivity contribution is 7.12. The van der Waals surface area contributed by atoms with Crippen molar-refractivity contribution in [3.8, 4) is 0 Å². The molecule has 0 saturated heterocycles. The summed E-state index contributed by atoms with van der Waals surface area (Å²) in [6.45, 7) is 13.4. The molecule has 104 valence electrons. The van der Waals surface area contributed by atoms with E-state index in [4.69, 9.17) is 0 Å². The van der Waals surface area contributed by atoms with Gasteiger partial charge in [0, 0.05) is 22.9 Å². The second-order valence-electron chi connectivity index (χ2n) is 5.91. The van der Waals surface area contributed by atoms with Crippen LogP contribution >= 0.6 is 11.3 Å². The Morgan fingerprint density at radius 3 is 2.44 bits per heavy atom. The van der Waals surface area contributed by atoms with Crippen LogP contribution in [-0.4, -0.2) is 22.7 Å². The van der Waals surface area contributed by atoms with Crippen LogP contribution in [0.2, 0.25) is 0 Å². The average molecular weight is 270 g/mol. The van der Waals surface area contributed by atoms with Gasteiger partial charge in [-0.05, 0) is 20.3 Å². The molecule has 1 aromatic heterocycles. The first-order valence-electron chi connectivity index (χ1n) is 6.65. The fraction of sp³-hybridized carbons (Fsp3) is 0.786. The Balaban J connectivity index is 2.74. The molecule has 3 nitrogen and oxygen atoms in total. The van der Waals surface area contributed by atoms with Crippen molar-refractivity contribution in [2.75, 3.05) is 6.54 Å². The van der Waals surface area contributed by atoms with Crippen molar-refractivity contribution >= 4 is 11.3 Å². The van der Waals surface area contributed by atoms with Crippen LogP contribution in [0, 0.1) is 6.92 Å². The third-order valence-corrected chi connectivity index (χ3v) is 4.76. The number of hydrogen-bond acceptors (Lipinski definition) is 4. The zero-order chi connectivity index (χ0) is 13.9. The van der Waals surface area contributed by atoms with Gasteiger partial charge in [0.15, 0.2) is 0 Å². The summed E-state index contributed by atoms with van der Waals surface area (Å²) in [6, 6.07) is 0.250. The van der Waals surface area contributed by atoms with Gasteiger partial charge in [-0.25, -0.2) is 4.98 Å². The summed E-state index contributed by atoms with van der Waals surface area (Å²) in [5.41, 5.74) is 1.21. The van der Waals surface area contributed by atoms with Crippen molar-refractivity contribution in [2.24, 2.45) is 0 Å². The van der Waals surface area contributed by atoms with E-state index in [1.54, 1.807) is 11.3 Å². The van der Waals surface area contributed by atoms with Gasteiger partial charge in [0.05, 0.1) is 16.8 Å². The fourth-order valence-corrected chi connectivity index (χ4v) is 2.83. The normalized spacial score (nSPS) is 15.7. The average Bonchev–Trinajstić information content (AvgIpc) is 2.67. The minimum absolute atomic E-state index is 0.107. The molecule has 0 bridgehead atoms. The zero-order valence-electron chi connectivity index (χ0n) is 12.4. The second kappa shape index (κ2) is 6.13. The number of nitrogens with zero attached hydrogens (tertiary/aromatic N) is 1. The number of aliphatic hydroxyl groups excluding tert-OH is 1. The highest BCUT2D eigenvalue weighted by Gasteiger charge is 2.22. The second-order valence-corrected chi connectivity index (χ2v) is 6.94. The number of hydrogen-bond donors (Lipinski definition) is 2. The van der Waals surface area contributed by atoms with Crippen LogP contribution in [0.1, 0.15) is 62.7 Å². The van der Waals surface area contributed by atoms with Crippen LogP contribution in [0.15, 0.2) is 0 Å². The number of aryl methyl sites for hydroxylation is 1. The molecule has 0 saturated carbocycles. The lowest BCUT2D eigenvalue weighted by Crippen LogP contribution is -2.28. The molecule has 4 heteroatoms. The number of rotatable bonds is 5. The summed E-state index contributed by atoms with van der Waals surface area (Å²) in [5, 5.41) is 14.1. The van der Waals surface area contributed by atoms with Gasteiger partial charge < -0.3 is 10.4 Å². The first kappa shape index (κ1) is 15.6. The van der Waals surface area contributed by atoms with Gasteiger partial charge in [-0.2, -0.15) is 0 Å². The molecule has 1 aromatic rings. The van der Waals surface area contributed by atoms with Gasteiger partial charge in [0.1, 0.15) is 0 Å². The minimum atomic E-state index is -0.261. The molecule has 0 aliphatic heterocycles. The molecule has 1 heterocycles. The first-order chi connectivity index (χ1) is 8.25. The van der Waals surface area contributed by atoms with E-state index >= 15 is 0 Å². The lowest BCUT2D eigenvalue weighted by Gasteiger charge is -2.16. The van der Waals surface area contributed by atoms with Crippen molar-refractivity contribution in [1.82, 2.24) is 10.3 Å². The quantitative estimate of drug-likeness (QED) is 0.864. The number of thiazole rings is 1. The first-order valence-corrected chi connectivity index (χ1v) is 7.46. The van der Waals surface area contributed by atoms with Gasteiger partial charge in [-0.3, -0.25) is 0 Å². The predicted molar refractivity (Wildman–Crippen MR) is 78.3 cm³/mol. The van der Waals surface area contributed by atoms with E-state index in [-0.39, 0.29) is 17.6 Å². The Morgan fingerprint density at radius 1 is 1.39 bits per heavy atom.